The van der Waals surface area contributed by atoms with Crippen molar-refractivity contribution in [3.63, 3.8) is 0 Å². The molecule has 4 rings (SSSR count). The van der Waals surface area contributed by atoms with E-state index in [1.165, 1.54) is 24.3 Å². The molecular formula is C20H16N4O4. The summed E-state index contributed by atoms with van der Waals surface area (Å²) in [6, 6.07) is 11.2. The van der Waals surface area contributed by atoms with Crippen LogP contribution in [0.5, 0.6) is 5.75 Å². The molecule has 0 saturated carbocycles. The predicted molar refractivity (Wildman–Crippen MR) is 102 cm³/mol. The predicted octanol–water partition coefficient (Wildman–Crippen LogP) is 3.41. The third-order valence-corrected chi connectivity index (χ3v) is 4.66. The fourth-order valence-corrected chi connectivity index (χ4v) is 3.20. The molecule has 1 aromatic heterocycles. The summed E-state index contributed by atoms with van der Waals surface area (Å²) in [5.41, 5.74) is 4.16. The van der Waals surface area contributed by atoms with Gasteiger partial charge in [0.2, 0.25) is 5.95 Å². The molecule has 1 N–H and O–H groups in total. The minimum Gasteiger partial charge on any atom is -0.497 e. The fraction of sp³-hybridized carbons (Fsp3) is 0.150. The highest BCUT2D eigenvalue weighted by molar-refractivity contribution is 6.03. The third kappa shape index (κ3) is 3.27. The minimum absolute atomic E-state index is 0.0754. The number of nitrogens with one attached hydrogen (secondary N) is 1. The zero-order valence-electron chi connectivity index (χ0n) is 15.0. The van der Waals surface area contributed by atoms with Gasteiger partial charge in [0.25, 0.3) is 11.6 Å². The Labute approximate surface area is 160 Å². The van der Waals surface area contributed by atoms with Crippen LogP contribution in [0.1, 0.15) is 21.5 Å². The normalized spacial score (nSPS) is 11.9. The number of methoxy groups -OCH3 is 1. The standard InChI is InChI=1S/C20H16N4O4/c1-28-16-8-9-17-13(10-16)2-3-14-11-21-20(22-18(14)17)23-19(25)12-4-6-15(7-5-12)24(26)27/h4-11H,2-3H2,1H3,(H,21,22,23,25). The maximum Gasteiger partial charge on any atom is 0.269 e. The van der Waals surface area contributed by atoms with Crippen molar-refractivity contribution in [3.8, 4) is 17.0 Å². The molecule has 1 heterocycles. The van der Waals surface area contributed by atoms with Gasteiger partial charge in [-0.1, -0.05) is 0 Å². The summed E-state index contributed by atoms with van der Waals surface area (Å²) >= 11 is 0. The van der Waals surface area contributed by atoms with Gasteiger partial charge in [0.1, 0.15) is 5.75 Å². The molecule has 1 aliphatic rings. The monoisotopic (exact) mass is 376 g/mol. The topological polar surface area (TPSA) is 107 Å². The first kappa shape index (κ1) is 17.6. The van der Waals surface area contributed by atoms with Crippen molar-refractivity contribution in [2.75, 3.05) is 12.4 Å². The van der Waals surface area contributed by atoms with Crippen LogP contribution in [0.15, 0.2) is 48.7 Å². The van der Waals surface area contributed by atoms with Crippen molar-refractivity contribution in [1.82, 2.24) is 9.97 Å². The number of carbonyl (C=O) groups excluding carboxylic acids is 1. The van der Waals surface area contributed by atoms with Gasteiger partial charge >= 0.3 is 0 Å². The van der Waals surface area contributed by atoms with Gasteiger partial charge in [0, 0.05) is 29.5 Å². The van der Waals surface area contributed by atoms with Crippen molar-refractivity contribution in [3.05, 3.63) is 75.5 Å². The van der Waals surface area contributed by atoms with Crippen molar-refractivity contribution >= 4 is 17.5 Å². The Morgan fingerprint density at radius 2 is 1.89 bits per heavy atom. The van der Waals surface area contributed by atoms with E-state index < -0.39 is 10.8 Å². The molecule has 0 unspecified atom stereocenters. The van der Waals surface area contributed by atoms with E-state index in [-0.39, 0.29) is 17.2 Å². The summed E-state index contributed by atoms with van der Waals surface area (Å²) in [4.78, 5) is 31.4. The molecule has 0 aliphatic heterocycles. The maximum absolute atomic E-state index is 12.4. The van der Waals surface area contributed by atoms with E-state index in [1.54, 1.807) is 13.3 Å². The molecule has 2 aromatic carbocycles. The van der Waals surface area contributed by atoms with E-state index in [9.17, 15) is 14.9 Å². The first-order valence-electron chi connectivity index (χ1n) is 8.64. The average molecular weight is 376 g/mol. The summed E-state index contributed by atoms with van der Waals surface area (Å²) in [7, 11) is 1.63. The summed E-state index contributed by atoms with van der Waals surface area (Å²) in [6.45, 7) is 0. The number of ether oxygens (including phenoxy) is 1. The van der Waals surface area contributed by atoms with Crippen LogP contribution in [0.25, 0.3) is 11.3 Å². The molecule has 28 heavy (non-hydrogen) atoms. The summed E-state index contributed by atoms with van der Waals surface area (Å²) in [5, 5.41) is 13.4. The van der Waals surface area contributed by atoms with Crippen LogP contribution in [0, 0.1) is 10.1 Å². The highest BCUT2D eigenvalue weighted by atomic mass is 16.6. The van der Waals surface area contributed by atoms with E-state index in [4.69, 9.17) is 4.74 Å². The van der Waals surface area contributed by atoms with Crippen molar-refractivity contribution in [1.29, 1.82) is 0 Å². The molecule has 0 fully saturated rings. The van der Waals surface area contributed by atoms with Crippen LogP contribution in [0.4, 0.5) is 11.6 Å². The van der Waals surface area contributed by atoms with Crippen molar-refractivity contribution in [2.24, 2.45) is 0 Å². The van der Waals surface area contributed by atoms with E-state index in [1.807, 2.05) is 18.2 Å². The molecule has 140 valence electrons. The van der Waals surface area contributed by atoms with Gasteiger partial charge in [-0.2, -0.15) is 0 Å². The van der Waals surface area contributed by atoms with Gasteiger partial charge in [-0.25, -0.2) is 9.97 Å². The van der Waals surface area contributed by atoms with Gasteiger partial charge in [-0.3, -0.25) is 20.2 Å². The van der Waals surface area contributed by atoms with Gasteiger partial charge in [-0.15, -0.1) is 0 Å². The number of rotatable bonds is 4. The lowest BCUT2D eigenvalue weighted by atomic mass is 9.90. The molecule has 8 nitrogen and oxygen atoms in total. The molecule has 1 amide bonds. The second-order valence-corrected chi connectivity index (χ2v) is 6.35. The molecule has 0 atom stereocenters. The summed E-state index contributed by atoms with van der Waals surface area (Å²) < 4.78 is 5.28. The maximum atomic E-state index is 12.4. The Kier molecular flexibility index (Phi) is 4.44. The van der Waals surface area contributed by atoms with Crippen LogP contribution in [0.3, 0.4) is 0 Å². The van der Waals surface area contributed by atoms with Crippen molar-refractivity contribution in [2.45, 2.75) is 12.8 Å². The largest absolute Gasteiger partial charge is 0.497 e. The van der Waals surface area contributed by atoms with Gasteiger partial charge in [0.15, 0.2) is 0 Å². The number of aryl methyl sites for hydroxylation is 2. The number of hydrogen-bond acceptors (Lipinski definition) is 6. The smallest absolute Gasteiger partial charge is 0.269 e. The van der Waals surface area contributed by atoms with Crippen LogP contribution < -0.4 is 10.1 Å². The lowest BCUT2D eigenvalue weighted by Crippen LogP contribution is -2.16. The average Bonchev–Trinajstić information content (AvgIpc) is 2.73. The number of nitrogens with zero attached hydrogens (tertiary/aromatic N) is 3. The number of nitro groups is 1. The van der Waals surface area contributed by atoms with E-state index in [0.717, 1.165) is 41.0 Å². The molecule has 0 radical (unpaired) electrons. The van der Waals surface area contributed by atoms with E-state index in [2.05, 4.69) is 15.3 Å². The molecule has 3 aromatic rings. The molecule has 0 saturated heterocycles. The molecule has 0 spiro atoms. The number of fused-ring (bicyclic) bond motifs is 3. The highest BCUT2D eigenvalue weighted by Crippen LogP contribution is 2.34. The molecule has 0 bridgehead atoms. The van der Waals surface area contributed by atoms with Gasteiger partial charge < -0.3 is 4.74 Å². The number of nitro benzene ring substituents is 1. The highest BCUT2D eigenvalue weighted by Gasteiger charge is 2.20. The Bertz CT molecular complexity index is 1080. The van der Waals surface area contributed by atoms with Crippen LogP contribution in [0.2, 0.25) is 0 Å². The second kappa shape index (κ2) is 7.07. The van der Waals surface area contributed by atoms with E-state index in [0.29, 0.717) is 0 Å². The summed E-state index contributed by atoms with van der Waals surface area (Å²) in [5.74, 6) is 0.550. The first-order valence-corrected chi connectivity index (χ1v) is 8.64. The number of anilines is 1. The lowest BCUT2D eigenvalue weighted by Gasteiger charge is -2.19. The Morgan fingerprint density at radius 1 is 1.14 bits per heavy atom. The Balaban J connectivity index is 1.60. The van der Waals surface area contributed by atoms with Crippen LogP contribution >= 0.6 is 0 Å². The number of benzene rings is 2. The lowest BCUT2D eigenvalue weighted by molar-refractivity contribution is -0.384. The minimum atomic E-state index is -0.513. The summed E-state index contributed by atoms with van der Waals surface area (Å²) in [6.07, 6.45) is 3.41. The number of amides is 1. The van der Waals surface area contributed by atoms with Crippen LogP contribution in [-0.2, 0) is 12.8 Å². The zero-order valence-corrected chi connectivity index (χ0v) is 15.0. The number of hydrogen-bond donors (Lipinski definition) is 1. The Hall–Kier alpha value is -3.81. The third-order valence-electron chi connectivity index (χ3n) is 4.66. The van der Waals surface area contributed by atoms with Crippen LogP contribution in [-0.4, -0.2) is 27.9 Å². The zero-order chi connectivity index (χ0) is 19.7. The number of non-ortho nitro benzene ring substituents is 1. The van der Waals surface area contributed by atoms with Gasteiger partial charge in [-0.05, 0) is 54.3 Å². The first-order chi connectivity index (χ1) is 13.5. The quantitative estimate of drug-likeness (QED) is 0.552. The number of carbonyl (C=O) groups is 1. The molecule has 8 heteroatoms. The molecular weight excluding hydrogens is 360 g/mol. The Morgan fingerprint density at radius 3 is 2.61 bits per heavy atom. The van der Waals surface area contributed by atoms with Gasteiger partial charge in [0.05, 0.1) is 17.7 Å². The fourth-order valence-electron chi connectivity index (χ4n) is 3.20. The second-order valence-electron chi connectivity index (χ2n) is 6.35. The number of aromatic nitrogens is 2. The SMILES string of the molecule is COc1ccc2c(c1)CCc1cnc(NC(=O)c3ccc([N+](=O)[O-])cc3)nc1-2. The van der Waals surface area contributed by atoms with E-state index >= 15 is 0 Å². The molecule has 1 aliphatic carbocycles. The van der Waals surface area contributed by atoms with Crippen molar-refractivity contribution < 1.29 is 14.5 Å².